The van der Waals surface area contributed by atoms with Crippen LogP contribution in [0, 0.1) is 5.41 Å². The molecule has 0 bridgehead atoms. The number of cyclic esters (lactones) is 1. The van der Waals surface area contributed by atoms with Gasteiger partial charge in [-0.2, -0.15) is 0 Å². The van der Waals surface area contributed by atoms with Crippen LogP contribution in [0.1, 0.15) is 39.5 Å². The van der Waals surface area contributed by atoms with Crippen molar-refractivity contribution >= 4 is 11.7 Å². The molecule has 0 amide bonds. The van der Waals surface area contributed by atoms with Crippen molar-refractivity contribution < 1.29 is 14.3 Å². The van der Waals surface area contributed by atoms with E-state index in [4.69, 9.17) is 9.47 Å². The molecule has 1 unspecified atom stereocenters. The minimum absolute atomic E-state index is 0.00123. The molecule has 5 nitrogen and oxygen atoms in total. The topological polar surface area (TPSA) is 59.6 Å². The number of methoxy groups -OCH3 is 1. The Morgan fingerprint density at radius 2 is 1.88 bits per heavy atom. The molecule has 1 aliphatic heterocycles. The predicted octanol–water partition coefficient (Wildman–Crippen LogP) is 3.21. The number of esters is 1. The molecule has 134 valence electrons. The fourth-order valence-corrected chi connectivity index (χ4v) is 3.22. The third kappa shape index (κ3) is 4.63. The van der Waals surface area contributed by atoms with Gasteiger partial charge in [-0.1, -0.05) is 13.8 Å². The van der Waals surface area contributed by atoms with E-state index >= 15 is 0 Å². The Morgan fingerprint density at radius 1 is 1.17 bits per heavy atom. The first-order valence-corrected chi connectivity index (χ1v) is 8.93. The first-order valence-electron chi connectivity index (χ1n) is 8.93. The van der Waals surface area contributed by atoms with Crippen molar-refractivity contribution in [1.29, 1.82) is 0 Å². The van der Waals surface area contributed by atoms with Crippen LogP contribution in [-0.2, 0) is 9.53 Å². The molecular weight excluding hydrogens is 304 g/mol. The minimum Gasteiger partial charge on any atom is -0.497 e. The molecule has 0 aromatic heterocycles. The number of carbonyl (C=O) groups is 1. The van der Waals surface area contributed by atoms with Crippen LogP contribution in [-0.4, -0.2) is 38.8 Å². The molecule has 1 atom stereocenters. The van der Waals surface area contributed by atoms with Gasteiger partial charge in [0, 0.05) is 25.2 Å². The van der Waals surface area contributed by atoms with Crippen LogP contribution in [0.15, 0.2) is 24.3 Å². The van der Waals surface area contributed by atoms with Crippen molar-refractivity contribution in [3.63, 3.8) is 0 Å². The van der Waals surface area contributed by atoms with Gasteiger partial charge in [-0.25, -0.2) is 0 Å². The largest absolute Gasteiger partial charge is 0.497 e. The van der Waals surface area contributed by atoms with Gasteiger partial charge in [0.05, 0.1) is 12.5 Å². The first-order chi connectivity index (χ1) is 11.6. The van der Waals surface area contributed by atoms with Gasteiger partial charge in [0.25, 0.3) is 0 Å². The summed E-state index contributed by atoms with van der Waals surface area (Å²) in [5, 5.41) is 6.76. The number of nitrogens with one attached hydrogen (secondary N) is 2. The Bertz CT molecular complexity index is 512. The summed E-state index contributed by atoms with van der Waals surface area (Å²) in [6, 6.07) is 7.90. The Hall–Kier alpha value is -1.75. The van der Waals surface area contributed by atoms with E-state index in [1.54, 1.807) is 7.11 Å². The van der Waals surface area contributed by atoms with Crippen LogP contribution < -0.4 is 15.4 Å². The minimum atomic E-state index is -0.236. The first kappa shape index (κ1) is 18.6. The zero-order valence-corrected chi connectivity index (χ0v) is 15.1. The van der Waals surface area contributed by atoms with Crippen LogP contribution in [0.4, 0.5) is 5.69 Å². The van der Waals surface area contributed by atoms with Crippen molar-refractivity contribution in [3.05, 3.63) is 24.3 Å². The molecular formula is C19H30N2O3. The highest BCUT2D eigenvalue weighted by Crippen LogP contribution is 2.40. The van der Waals surface area contributed by atoms with Crippen LogP contribution in [0.2, 0.25) is 0 Å². The maximum Gasteiger partial charge on any atom is 0.312 e. The maximum absolute atomic E-state index is 12.0. The van der Waals surface area contributed by atoms with Crippen LogP contribution in [0.3, 0.4) is 0 Å². The fraction of sp³-hybridized carbons (Fsp3) is 0.632. The second kappa shape index (κ2) is 8.92. The van der Waals surface area contributed by atoms with E-state index in [2.05, 4.69) is 24.5 Å². The van der Waals surface area contributed by atoms with Gasteiger partial charge in [-0.15, -0.1) is 0 Å². The molecule has 0 saturated carbocycles. The van der Waals surface area contributed by atoms with E-state index in [9.17, 15) is 4.79 Å². The SMILES string of the molecule is CCC1(CC)CC(CCNCCNc2ccc(OC)cc2)OC1=O. The van der Waals surface area contributed by atoms with E-state index in [1.165, 1.54) is 0 Å². The average Bonchev–Trinajstić information content (AvgIpc) is 2.94. The number of anilines is 1. The smallest absolute Gasteiger partial charge is 0.312 e. The molecule has 0 radical (unpaired) electrons. The van der Waals surface area contributed by atoms with E-state index in [0.717, 1.165) is 56.8 Å². The van der Waals surface area contributed by atoms with E-state index < -0.39 is 0 Å². The Labute approximate surface area is 145 Å². The number of benzene rings is 1. The van der Waals surface area contributed by atoms with Gasteiger partial charge < -0.3 is 20.1 Å². The number of carbonyl (C=O) groups excluding carboxylic acids is 1. The molecule has 1 aliphatic rings. The van der Waals surface area contributed by atoms with Gasteiger partial charge >= 0.3 is 5.97 Å². The van der Waals surface area contributed by atoms with E-state index in [-0.39, 0.29) is 17.5 Å². The molecule has 1 saturated heterocycles. The molecule has 5 heteroatoms. The Morgan fingerprint density at radius 3 is 2.46 bits per heavy atom. The van der Waals surface area contributed by atoms with E-state index in [0.29, 0.717) is 0 Å². The Balaban J connectivity index is 1.59. The van der Waals surface area contributed by atoms with E-state index in [1.807, 2.05) is 24.3 Å². The molecule has 1 aromatic carbocycles. The normalized spacial score (nSPS) is 19.1. The molecule has 1 fully saturated rings. The summed E-state index contributed by atoms with van der Waals surface area (Å²) < 4.78 is 10.7. The third-order valence-corrected chi connectivity index (χ3v) is 5.04. The number of hydrogen-bond donors (Lipinski definition) is 2. The molecule has 2 rings (SSSR count). The van der Waals surface area contributed by atoms with Gasteiger partial charge in [0.1, 0.15) is 11.9 Å². The monoisotopic (exact) mass is 334 g/mol. The summed E-state index contributed by atoms with van der Waals surface area (Å²) in [6.07, 6.45) is 3.57. The zero-order valence-electron chi connectivity index (χ0n) is 15.1. The molecule has 0 spiro atoms. The summed E-state index contributed by atoms with van der Waals surface area (Å²) in [7, 11) is 1.67. The van der Waals surface area contributed by atoms with Crippen molar-refractivity contribution in [3.8, 4) is 5.75 Å². The summed E-state index contributed by atoms with van der Waals surface area (Å²) in [5.41, 5.74) is 0.846. The van der Waals surface area contributed by atoms with Gasteiger partial charge in [0.2, 0.25) is 0 Å². The molecule has 2 N–H and O–H groups in total. The zero-order chi connectivity index (χ0) is 17.4. The highest BCUT2D eigenvalue weighted by Gasteiger charge is 2.45. The van der Waals surface area contributed by atoms with Crippen molar-refractivity contribution in [1.82, 2.24) is 5.32 Å². The highest BCUT2D eigenvalue weighted by atomic mass is 16.6. The lowest BCUT2D eigenvalue weighted by Crippen LogP contribution is -2.26. The summed E-state index contributed by atoms with van der Waals surface area (Å²) in [4.78, 5) is 12.0. The molecule has 24 heavy (non-hydrogen) atoms. The number of ether oxygens (including phenoxy) is 2. The number of hydrogen-bond acceptors (Lipinski definition) is 5. The average molecular weight is 334 g/mol. The highest BCUT2D eigenvalue weighted by molar-refractivity contribution is 5.78. The predicted molar refractivity (Wildman–Crippen MR) is 96.5 cm³/mol. The molecule has 0 aliphatic carbocycles. The second-order valence-corrected chi connectivity index (χ2v) is 6.41. The van der Waals surface area contributed by atoms with Crippen LogP contribution in [0.5, 0.6) is 5.75 Å². The van der Waals surface area contributed by atoms with Gasteiger partial charge in [0.15, 0.2) is 0 Å². The maximum atomic E-state index is 12.0. The van der Waals surface area contributed by atoms with Gasteiger partial charge in [-0.05, 0) is 50.1 Å². The van der Waals surface area contributed by atoms with Crippen LogP contribution in [0.25, 0.3) is 0 Å². The third-order valence-electron chi connectivity index (χ3n) is 5.04. The molecule has 1 heterocycles. The van der Waals surface area contributed by atoms with Gasteiger partial charge in [-0.3, -0.25) is 4.79 Å². The summed E-state index contributed by atoms with van der Waals surface area (Å²) in [5.74, 6) is 0.860. The van der Waals surface area contributed by atoms with Crippen molar-refractivity contribution in [2.24, 2.45) is 5.41 Å². The lowest BCUT2D eigenvalue weighted by molar-refractivity contribution is -0.149. The standard InChI is InChI=1S/C19H30N2O3/c1-4-19(5-2)14-17(24-18(19)22)10-11-20-12-13-21-15-6-8-16(23-3)9-7-15/h6-9,17,20-21H,4-5,10-14H2,1-3H3. The summed E-state index contributed by atoms with van der Waals surface area (Å²) >= 11 is 0. The van der Waals surface area contributed by atoms with Crippen molar-refractivity contribution in [2.45, 2.75) is 45.6 Å². The lowest BCUT2D eigenvalue weighted by atomic mass is 9.79. The fourth-order valence-electron chi connectivity index (χ4n) is 3.22. The second-order valence-electron chi connectivity index (χ2n) is 6.41. The Kier molecular flexibility index (Phi) is 6.91. The lowest BCUT2D eigenvalue weighted by Gasteiger charge is -2.20. The molecule has 1 aromatic rings. The van der Waals surface area contributed by atoms with Crippen LogP contribution >= 0.6 is 0 Å². The summed E-state index contributed by atoms with van der Waals surface area (Å²) in [6.45, 7) is 6.75. The quantitative estimate of drug-likeness (QED) is 0.508. The van der Waals surface area contributed by atoms with Crippen molar-refractivity contribution in [2.75, 3.05) is 32.1 Å². The number of rotatable bonds is 10.